The van der Waals surface area contributed by atoms with Gasteiger partial charge in [-0.1, -0.05) is 48.0 Å². The Morgan fingerprint density at radius 1 is 1.10 bits per heavy atom. The number of rotatable bonds is 3. The van der Waals surface area contributed by atoms with E-state index < -0.39 is 0 Å². The molecule has 0 aliphatic carbocycles. The summed E-state index contributed by atoms with van der Waals surface area (Å²) in [6.45, 7) is 1.95. The lowest BCUT2D eigenvalue weighted by molar-refractivity contribution is 0.102. The molecule has 0 fully saturated rings. The second-order valence-corrected chi connectivity index (χ2v) is 5.36. The van der Waals surface area contributed by atoms with E-state index in [1.807, 2.05) is 55.5 Å². The highest BCUT2D eigenvalue weighted by molar-refractivity contribution is 7.10. The van der Waals surface area contributed by atoms with Crippen LogP contribution in [0, 0.1) is 6.92 Å². The number of amides is 1. The Labute approximate surface area is 126 Å². The number of anilines is 1. The van der Waals surface area contributed by atoms with Crippen LogP contribution in [0.25, 0.3) is 11.4 Å². The van der Waals surface area contributed by atoms with Gasteiger partial charge in [-0.2, -0.15) is 9.36 Å². The second-order valence-electron chi connectivity index (χ2n) is 4.61. The molecule has 0 aliphatic rings. The van der Waals surface area contributed by atoms with Crippen molar-refractivity contribution in [2.75, 3.05) is 5.32 Å². The van der Waals surface area contributed by atoms with Gasteiger partial charge < -0.3 is 0 Å². The van der Waals surface area contributed by atoms with Crippen LogP contribution in [-0.2, 0) is 0 Å². The molecule has 104 valence electrons. The summed E-state index contributed by atoms with van der Waals surface area (Å²) in [6, 6.07) is 17.1. The van der Waals surface area contributed by atoms with Gasteiger partial charge in [0.15, 0.2) is 5.82 Å². The van der Waals surface area contributed by atoms with Gasteiger partial charge in [0, 0.05) is 22.7 Å². The Hall–Kier alpha value is -2.53. The minimum atomic E-state index is -0.172. The van der Waals surface area contributed by atoms with Crippen molar-refractivity contribution in [2.24, 2.45) is 0 Å². The molecule has 0 aliphatic heterocycles. The molecule has 3 aromatic rings. The lowest BCUT2D eigenvalue weighted by Gasteiger charge is -2.01. The molecule has 0 atom stereocenters. The van der Waals surface area contributed by atoms with E-state index in [4.69, 9.17) is 0 Å². The summed E-state index contributed by atoms with van der Waals surface area (Å²) >= 11 is 1.18. The summed E-state index contributed by atoms with van der Waals surface area (Å²) in [5, 5.41) is 3.28. The molecule has 1 heterocycles. The van der Waals surface area contributed by atoms with Crippen LogP contribution in [0.5, 0.6) is 0 Å². The van der Waals surface area contributed by atoms with E-state index >= 15 is 0 Å². The predicted molar refractivity (Wildman–Crippen MR) is 84.5 cm³/mol. The lowest BCUT2D eigenvalue weighted by atomic mass is 10.1. The molecule has 0 radical (unpaired) electrons. The van der Waals surface area contributed by atoms with Gasteiger partial charge in [0.2, 0.25) is 5.13 Å². The van der Waals surface area contributed by atoms with Crippen molar-refractivity contribution in [1.82, 2.24) is 9.36 Å². The number of aromatic nitrogens is 2. The Morgan fingerprint density at radius 2 is 1.90 bits per heavy atom. The number of carbonyl (C=O) groups is 1. The Kier molecular flexibility index (Phi) is 3.75. The first kappa shape index (κ1) is 13.5. The van der Waals surface area contributed by atoms with Gasteiger partial charge in [-0.3, -0.25) is 10.1 Å². The van der Waals surface area contributed by atoms with Crippen LogP contribution in [0.4, 0.5) is 5.13 Å². The molecule has 4 nitrogen and oxygen atoms in total. The number of nitrogens with one attached hydrogen (secondary N) is 1. The fraction of sp³-hybridized carbons (Fsp3) is 0.0625. The maximum atomic E-state index is 12.1. The second kappa shape index (κ2) is 5.85. The third-order valence-corrected chi connectivity index (χ3v) is 3.59. The number of aryl methyl sites for hydroxylation is 1. The molecule has 0 bridgehead atoms. The summed E-state index contributed by atoms with van der Waals surface area (Å²) in [5.74, 6) is 0.453. The van der Waals surface area contributed by atoms with Crippen molar-refractivity contribution in [3.63, 3.8) is 0 Å². The largest absolute Gasteiger partial charge is 0.297 e. The quantitative estimate of drug-likeness (QED) is 0.800. The number of hydrogen-bond donors (Lipinski definition) is 1. The van der Waals surface area contributed by atoms with Crippen LogP contribution >= 0.6 is 11.5 Å². The fourth-order valence-corrected chi connectivity index (χ4v) is 2.52. The van der Waals surface area contributed by atoms with Gasteiger partial charge in [0.05, 0.1) is 0 Å². The zero-order valence-electron chi connectivity index (χ0n) is 11.4. The van der Waals surface area contributed by atoms with Crippen LogP contribution in [0.3, 0.4) is 0 Å². The summed E-state index contributed by atoms with van der Waals surface area (Å²) in [5.41, 5.74) is 2.60. The molecule has 3 rings (SSSR count). The molecule has 0 spiro atoms. The number of hydrogen-bond acceptors (Lipinski definition) is 4. The van der Waals surface area contributed by atoms with Crippen LogP contribution in [0.2, 0.25) is 0 Å². The molecular weight excluding hydrogens is 282 g/mol. The average molecular weight is 295 g/mol. The molecule has 1 N–H and O–H groups in total. The standard InChI is InChI=1S/C16H13N3OS/c1-11-6-5-9-13(10-11)15(20)18-16-17-14(19-21-16)12-7-3-2-4-8-12/h2-10H,1H3,(H,17,18,19,20). The van der Waals surface area contributed by atoms with Gasteiger partial charge in [0.1, 0.15) is 0 Å². The molecular formula is C16H13N3OS. The van der Waals surface area contributed by atoms with Gasteiger partial charge in [-0.25, -0.2) is 0 Å². The Morgan fingerprint density at radius 3 is 2.67 bits per heavy atom. The summed E-state index contributed by atoms with van der Waals surface area (Å²) in [7, 11) is 0. The van der Waals surface area contributed by atoms with E-state index in [9.17, 15) is 4.79 Å². The smallest absolute Gasteiger partial charge is 0.257 e. The minimum absolute atomic E-state index is 0.172. The fourth-order valence-electron chi connectivity index (χ4n) is 1.93. The van der Waals surface area contributed by atoms with Crippen LogP contribution in [0.1, 0.15) is 15.9 Å². The first-order valence-electron chi connectivity index (χ1n) is 6.49. The maximum Gasteiger partial charge on any atom is 0.257 e. The molecule has 21 heavy (non-hydrogen) atoms. The first-order chi connectivity index (χ1) is 10.2. The Bertz CT molecular complexity index is 768. The lowest BCUT2D eigenvalue weighted by Crippen LogP contribution is -2.11. The van der Waals surface area contributed by atoms with E-state index in [0.717, 1.165) is 11.1 Å². The monoisotopic (exact) mass is 295 g/mol. The SMILES string of the molecule is Cc1cccc(C(=O)Nc2nc(-c3ccccc3)ns2)c1. The van der Waals surface area contributed by atoms with Crippen LogP contribution in [-0.4, -0.2) is 15.3 Å². The van der Waals surface area contributed by atoms with Gasteiger partial charge in [-0.05, 0) is 19.1 Å². The third-order valence-electron chi connectivity index (χ3n) is 2.96. The molecule has 5 heteroatoms. The van der Waals surface area contributed by atoms with Gasteiger partial charge >= 0.3 is 0 Å². The molecule has 1 aromatic heterocycles. The molecule has 2 aromatic carbocycles. The van der Waals surface area contributed by atoms with Crippen LogP contribution < -0.4 is 5.32 Å². The molecule has 1 amide bonds. The van der Waals surface area contributed by atoms with E-state index in [-0.39, 0.29) is 5.91 Å². The van der Waals surface area contributed by atoms with Crippen molar-refractivity contribution < 1.29 is 4.79 Å². The summed E-state index contributed by atoms with van der Waals surface area (Å²) < 4.78 is 4.27. The van der Waals surface area contributed by atoms with E-state index in [1.54, 1.807) is 6.07 Å². The van der Waals surface area contributed by atoms with Gasteiger partial charge in [-0.15, -0.1) is 0 Å². The average Bonchev–Trinajstić information content (AvgIpc) is 2.97. The number of nitrogens with zero attached hydrogens (tertiary/aromatic N) is 2. The van der Waals surface area contributed by atoms with Crippen molar-refractivity contribution in [1.29, 1.82) is 0 Å². The van der Waals surface area contributed by atoms with Crippen LogP contribution in [0.15, 0.2) is 54.6 Å². The Balaban J connectivity index is 1.77. The minimum Gasteiger partial charge on any atom is -0.297 e. The van der Waals surface area contributed by atoms with Crippen molar-refractivity contribution in [3.05, 3.63) is 65.7 Å². The summed E-state index contributed by atoms with van der Waals surface area (Å²) in [4.78, 5) is 16.5. The first-order valence-corrected chi connectivity index (χ1v) is 7.27. The molecule has 0 saturated heterocycles. The normalized spacial score (nSPS) is 10.3. The van der Waals surface area contributed by atoms with E-state index in [2.05, 4.69) is 14.7 Å². The highest BCUT2D eigenvalue weighted by Crippen LogP contribution is 2.21. The predicted octanol–water partition coefficient (Wildman–Crippen LogP) is 3.77. The highest BCUT2D eigenvalue weighted by Gasteiger charge is 2.11. The molecule has 0 unspecified atom stereocenters. The van der Waals surface area contributed by atoms with Crippen molar-refractivity contribution in [2.45, 2.75) is 6.92 Å². The topological polar surface area (TPSA) is 54.9 Å². The van der Waals surface area contributed by atoms with Crippen molar-refractivity contribution in [3.8, 4) is 11.4 Å². The third kappa shape index (κ3) is 3.14. The van der Waals surface area contributed by atoms with Crippen molar-refractivity contribution >= 4 is 22.6 Å². The summed E-state index contributed by atoms with van der Waals surface area (Å²) in [6.07, 6.45) is 0. The zero-order valence-corrected chi connectivity index (χ0v) is 12.2. The van der Waals surface area contributed by atoms with E-state index in [0.29, 0.717) is 16.5 Å². The number of carbonyl (C=O) groups excluding carboxylic acids is 1. The highest BCUT2D eigenvalue weighted by atomic mass is 32.1. The van der Waals surface area contributed by atoms with E-state index in [1.165, 1.54) is 11.5 Å². The molecule has 0 saturated carbocycles. The maximum absolute atomic E-state index is 12.1. The zero-order chi connectivity index (χ0) is 14.7. The number of benzene rings is 2. The van der Waals surface area contributed by atoms with Gasteiger partial charge in [0.25, 0.3) is 5.91 Å².